The average molecular weight is 395 g/mol. The first-order valence-electron chi connectivity index (χ1n) is 6.03. The van der Waals surface area contributed by atoms with E-state index in [4.69, 9.17) is 0 Å². The van der Waals surface area contributed by atoms with Crippen molar-refractivity contribution in [2.45, 2.75) is 47.5 Å². The van der Waals surface area contributed by atoms with Gasteiger partial charge in [0.05, 0.1) is 0 Å². The Morgan fingerprint density at radius 2 is 2.00 bits per heavy atom. The number of hydrogen-bond acceptors (Lipinski definition) is 0. The van der Waals surface area contributed by atoms with Gasteiger partial charge >= 0.3 is 0 Å². The van der Waals surface area contributed by atoms with Crippen LogP contribution in [-0.4, -0.2) is 0 Å². The van der Waals surface area contributed by atoms with Crippen molar-refractivity contribution >= 4 is 0 Å². The van der Waals surface area contributed by atoms with E-state index >= 15 is 0 Å². The molecule has 0 radical (unpaired) electrons. The van der Waals surface area contributed by atoms with E-state index in [9.17, 15) is 0 Å². The van der Waals surface area contributed by atoms with Gasteiger partial charge in [0, 0.05) is 25.8 Å². The van der Waals surface area contributed by atoms with Gasteiger partial charge in [0.1, 0.15) is 0 Å². The van der Waals surface area contributed by atoms with Gasteiger partial charge in [-0.15, -0.1) is 13.3 Å². The standard InChI is InChI=1S/C11H17.C5H5.Hf.2H/c1-6-11(5)7-8(2)9(3)10(11)4;1-2-4-5-3-1;;;/h6H2,1-5H3;1-3H,4H2;;;/q2*-1;;2*-1. The van der Waals surface area contributed by atoms with Crippen LogP contribution in [0.5, 0.6) is 0 Å². The quantitative estimate of drug-likeness (QED) is 0.432. The minimum atomic E-state index is 0. The van der Waals surface area contributed by atoms with Crippen LogP contribution in [0.25, 0.3) is 0 Å². The Hall–Kier alpha value is -0.170. The molecule has 1 unspecified atom stereocenters. The summed E-state index contributed by atoms with van der Waals surface area (Å²) in [6.07, 6.45) is 14.7. The molecule has 0 heterocycles. The molecule has 0 nitrogen and oxygen atoms in total. The van der Waals surface area contributed by atoms with Gasteiger partial charge in [0.2, 0.25) is 0 Å². The predicted molar refractivity (Wildman–Crippen MR) is 73.0 cm³/mol. The summed E-state index contributed by atoms with van der Waals surface area (Å²) in [4.78, 5) is 0. The van der Waals surface area contributed by atoms with Gasteiger partial charge in [-0.25, -0.2) is 17.7 Å². The predicted octanol–water partition coefficient (Wildman–Crippen LogP) is 5.03. The summed E-state index contributed by atoms with van der Waals surface area (Å²) in [6.45, 7) is 11.1. The Morgan fingerprint density at radius 3 is 2.18 bits per heavy atom. The molecule has 2 rings (SSSR count). The van der Waals surface area contributed by atoms with Gasteiger partial charge < -0.3 is 2.85 Å². The summed E-state index contributed by atoms with van der Waals surface area (Å²) in [5.74, 6) is 0. The summed E-state index contributed by atoms with van der Waals surface area (Å²) in [6, 6.07) is 0. The van der Waals surface area contributed by atoms with E-state index in [1.54, 1.807) is 0 Å². The third-order valence-corrected chi connectivity index (χ3v) is 3.71. The Bertz CT molecular complexity index is 368. The summed E-state index contributed by atoms with van der Waals surface area (Å²) in [5.41, 5.74) is 4.51. The molecule has 0 aromatic rings. The van der Waals surface area contributed by atoms with Gasteiger partial charge in [-0.2, -0.15) is 17.2 Å². The van der Waals surface area contributed by atoms with Crippen LogP contribution in [0.2, 0.25) is 0 Å². The van der Waals surface area contributed by atoms with Crippen molar-refractivity contribution in [1.29, 1.82) is 0 Å². The average Bonchev–Trinajstić information content (AvgIpc) is 2.89. The molecule has 1 heteroatoms. The van der Waals surface area contributed by atoms with Gasteiger partial charge in [0.15, 0.2) is 0 Å². The molecule has 96 valence electrons. The molecule has 2 aliphatic rings. The molecule has 17 heavy (non-hydrogen) atoms. The topological polar surface area (TPSA) is 0 Å². The van der Waals surface area contributed by atoms with E-state index in [0.29, 0.717) is 0 Å². The molecule has 0 amide bonds. The minimum Gasteiger partial charge on any atom is -1.00 e. The van der Waals surface area contributed by atoms with E-state index in [2.05, 4.69) is 52.8 Å². The van der Waals surface area contributed by atoms with Crippen molar-refractivity contribution in [3.8, 4) is 0 Å². The fraction of sp³-hybridized carbons (Fsp3) is 0.500. The molecule has 0 spiro atoms. The van der Waals surface area contributed by atoms with E-state index < -0.39 is 0 Å². The van der Waals surface area contributed by atoms with Crippen LogP contribution < -0.4 is 0 Å². The Balaban J connectivity index is -0.000000277. The van der Waals surface area contributed by atoms with Crippen molar-refractivity contribution in [2.75, 3.05) is 0 Å². The Labute approximate surface area is 128 Å². The van der Waals surface area contributed by atoms with E-state index in [1.807, 2.05) is 12.2 Å². The van der Waals surface area contributed by atoms with Crippen LogP contribution in [0.4, 0.5) is 0 Å². The molecule has 0 N–H and O–H groups in total. The summed E-state index contributed by atoms with van der Waals surface area (Å²) < 4.78 is 0. The van der Waals surface area contributed by atoms with Crippen LogP contribution in [0.15, 0.2) is 34.9 Å². The molecule has 0 bridgehead atoms. The molecule has 0 aromatic carbocycles. The first kappa shape index (κ1) is 16.8. The van der Waals surface area contributed by atoms with E-state index in [1.165, 1.54) is 16.7 Å². The number of allylic oxidation sites excluding steroid dienone is 8. The van der Waals surface area contributed by atoms with Crippen LogP contribution in [0.1, 0.15) is 50.3 Å². The molecule has 0 saturated carbocycles. The monoisotopic (exact) mass is 396 g/mol. The second-order valence-corrected chi connectivity index (χ2v) is 4.69. The van der Waals surface area contributed by atoms with Crippen LogP contribution in [0.3, 0.4) is 0 Å². The SMILES string of the molecule is CCC1(C)[C-]=C(C)C(C)=C1C.[C-]1=CC=CC1.[H-].[H-].[Hf]. The smallest absolute Gasteiger partial charge is 0 e. The van der Waals surface area contributed by atoms with Crippen LogP contribution in [0, 0.1) is 17.6 Å². The fourth-order valence-corrected chi connectivity index (χ4v) is 1.99. The van der Waals surface area contributed by atoms with E-state index in [-0.39, 0.29) is 34.1 Å². The molecule has 1 atom stereocenters. The van der Waals surface area contributed by atoms with Crippen molar-refractivity contribution in [1.82, 2.24) is 0 Å². The second kappa shape index (κ2) is 7.31. The largest absolute Gasteiger partial charge is 1.00 e. The Morgan fingerprint density at radius 1 is 1.35 bits per heavy atom. The molecule has 2 aliphatic carbocycles. The number of hydrogen-bond donors (Lipinski definition) is 0. The van der Waals surface area contributed by atoms with Crippen molar-refractivity contribution in [3.05, 3.63) is 47.1 Å². The molecular formula is C16H24Hf-4. The maximum atomic E-state index is 3.52. The van der Waals surface area contributed by atoms with Gasteiger partial charge in [-0.1, -0.05) is 39.5 Å². The Kier molecular flexibility index (Phi) is 7.23. The van der Waals surface area contributed by atoms with Crippen LogP contribution in [-0.2, 0) is 25.8 Å². The molecule has 0 aliphatic heterocycles. The molecular weight excluding hydrogens is 371 g/mol. The zero-order valence-electron chi connectivity index (χ0n) is 13.6. The molecule has 0 saturated heterocycles. The zero-order valence-corrected chi connectivity index (χ0v) is 15.2. The molecule has 0 aromatic heterocycles. The van der Waals surface area contributed by atoms with Crippen molar-refractivity contribution in [2.24, 2.45) is 5.41 Å². The normalized spacial score (nSPS) is 25.4. The van der Waals surface area contributed by atoms with Crippen LogP contribution >= 0.6 is 0 Å². The molecule has 0 fully saturated rings. The summed E-state index contributed by atoms with van der Waals surface area (Å²) in [5, 5.41) is 0. The van der Waals surface area contributed by atoms with Crippen molar-refractivity contribution < 1.29 is 28.7 Å². The maximum absolute atomic E-state index is 3.52. The third-order valence-electron chi connectivity index (χ3n) is 3.71. The summed E-state index contributed by atoms with van der Waals surface area (Å²) in [7, 11) is 0. The first-order chi connectivity index (χ1) is 7.51. The van der Waals surface area contributed by atoms with Gasteiger partial charge in [0.25, 0.3) is 0 Å². The number of rotatable bonds is 1. The second-order valence-electron chi connectivity index (χ2n) is 4.69. The van der Waals surface area contributed by atoms with E-state index in [0.717, 1.165) is 12.8 Å². The zero-order chi connectivity index (χ0) is 12.2. The minimum absolute atomic E-state index is 0. The van der Waals surface area contributed by atoms with Crippen molar-refractivity contribution in [3.63, 3.8) is 0 Å². The van der Waals surface area contributed by atoms with Gasteiger partial charge in [-0.05, 0) is 0 Å². The third kappa shape index (κ3) is 4.21. The van der Waals surface area contributed by atoms with Gasteiger partial charge in [-0.3, -0.25) is 12.2 Å². The fourth-order valence-electron chi connectivity index (χ4n) is 1.99. The first-order valence-corrected chi connectivity index (χ1v) is 6.03. The summed E-state index contributed by atoms with van der Waals surface area (Å²) >= 11 is 0. The maximum Gasteiger partial charge on any atom is 0 e.